The van der Waals surface area contributed by atoms with E-state index in [2.05, 4.69) is 5.32 Å². The van der Waals surface area contributed by atoms with Crippen molar-refractivity contribution < 1.29 is 27.5 Å². The zero-order valence-corrected chi connectivity index (χ0v) is 20.5. The smallest absolute Gasteiger partial charge is 0.416 e. The molecule has 35 heavy (non-hydrogen) atoms. The van der Waals surface area contributed by atoms with Gasteiger partial charge in [-0.2, -0.15) is 13.2 Å². The average molecular weight is 502 g/mol. The molecule has 0 saturated heterocycles. The van der Waals surface area contributed by atoms with Gasteiger partial charge in [-0.3, -0.25) is 4.79 Å². The number of esters is 1. The van der Waals surface area contributed by atoms with Crippen molar-refractivity contribution in [1.82, 2.24) is 5.32 Å². The number of hydrogen-bond donors (Lipinski definition) is 1. The maximum Gasteiger partial charge on any atom is 0.416 e. The summed E-state index contributed by atoms with van der Waals surface area (Å²) < 4.78 is 43.4. The fraction of sp³-hybridized carbons (Fsp3) is 0.333. The Morgan fingerprint density at radius 3 is 2.11 bits per heavy atom. The summed E-state index contributed by atoms with van der Waals surface area (Å²) in [5.74, 6) is -0.549. The molecule has 184 valence electrons. The summed E-state index contributed by atoms with van der Waals surface area (Å²) in [5.41, 5.74) is 2.65. The molecule has 4 rings (SSSR count). The topological polar surface area (TPSA) is 55.4 Å². The number of alkyl halides is 3. The number of methoxy groups -OCH3 is 1. The van der Waals surface area contributed by atoms with Crippen molar-refractivity contribution in [3.05, 3.63) is 91.7 Å². The number of hydrogen-bond acceptors (Lipinski definition) is 4. The van der Waals surface area contributed by atoms with Crippen molar-refractivity contribution in [2.75, 3.05) is 7.11 Å². The Morgan fingerprint density at radius 1 is 0.971 bits per heavy atom. The fourth-order valence-corrected chi connectivity index (χ4v) is 5.40. The Bertz CT molecular complexity index is 1240. The molecule has 0 radical (unpaired) electrons. The molecular formula is C27H26F3NO3S. The molecule has 0 aliphatic heterocycles. The lowest BCUT2D eigenvalue weighted by molar-refractivity contribution is -0.137. The molecule has 1 aliphatic rings. The standard InChI is InChI=1S/C27H26F3NO3S/c1-16-22(14-18-6-10-21(11-7-18)27(28,29)30)23(17(2)35-16)24(32)31-26(12-13-26)15-19-4-8-20(9-5-19)25(33)34-3/h4-11H,12-15H2,1-3H3,(H,31,32). The van der Waals surface area contributed by atoms with Gasteiger partial charge in [0.2, 0.25) is 0 Å². The van der Waals surface area contributed by atoms with E-state index in [9.17, 15) is 22.8 Å². The van der Waals surface area contributed by atoms with Crippen LogP contribution in [-0.4, -0.2) is 24.5 Å². The molecule has 0 atom stereocenters. The molecule has 1 heterocycles. The van der Waals surface area contributed by atoms with Crippen LogP contribution >= 0.6 is 11.3 Å². The van der Waals surface area contributed by atoms with Crippen LogP contribution in [0.3, 0.4) is 0 Å². The summed E-state index contributed by atoms with van der Waals surface area (Å²) in [6, 6.07) is 12.3. The lowest BCUT2D eigenvalue weighted by Gasteiger charge is -2.19. The molecule has 1 aliphatic carbocycles. The van der Waals surface area contributed by atoms with Crippen LogP contribution < -0.4 is 5.32 Å². The maximum absolute atomic E-state index is 13.4. The Morgan fingerprint density at radius 2 is 1.57 bits per heavy atom. The van der Waals surface area contributed by atoms with Crippen LogP contribution in [0.1, 0.15) is 65.6 Å². The monoisotopic (exact) mass is 501 g/mol. The van der Waals surface area contributed by atoms with Crippen LogP contribution in [0.25, 0.3) is 0 Å². The molecule has 1 N–H and O–H groups in total. The minimum atomic E-state index is -4.38. The number of thiophene rings is 1. The van der Waals surface area contributed by atoms with E-state index >= 15 is 0 Å². The number of halogens is 3. The van der Waals surface area contributed by atoms with Crippen LogP contribution in [0.4, 0.5) is 13.2 Å². The van der Waals surface area contributed by atoms with Gasteiger partial charge in [0.15, 0.2) is 0 Å². The van der Waals surface area contributed by atoms with Crippen LogP contribution in [-0.2, 0) is 23.8 Å². The molecule has 1 aromatic heterocycles. The maximum atomic E-state index is 13.4. The minimum absolute atomic E-state index is 0.155. The predicted molar refractivity (Wildman–Crippen MR) is 129 cm³/mol. The molecule has 0 spiro atoms. The van der Waals surface area contributed by atoms with Crippen molar-refractivity contribution >= 4 is 23.2 Å². The molecule has 2 aromatic carbocycles. The number of rotatable bonds is 7. The third-order valence-electron chi connectivity index (χ3n) is 6.42. The van der Waals surface area contributed by atoms with Gasteiger partial charge < -0.3 is 10.1 Å². The number of carbonyl (C=O) groups is 2. The molecule has 0 unspecified atom stereocenters. The summed E-state index contributed by atoms with van der Waals surface area (Å²) in [5, 5.41) is 3.22. The molecule has 1 saturated carbocycles. The second-order valence-electron chi connectivity index (χ2n) is 9.04. The lowest BCUT2D eigenvalue weighted by atomic mass is 9.98. The zero-order valence-electron chi connectivity index (χ0n) is 19.7. The fourth-order valence-electron chi connectivity index (χ4n) is 4.32. The summed E-state index contributed by atoms with van der Waals surface area (Å²) in [6.07, 6.45) is -1.63. The first kappa shape index (κ1) is 25.0. The third-order valence-corrected chi connectivity index (χ3v) is 7.49. The predicted octanol–water partition coefficient (Wildman–Crippen LogP) is 6.27. The van der Waals surface area contributed by atoms with E-state index in [0.717, 1.165) is 51.4 Å². The Labute approximate surface area is 206 Å². The molecule has 3 aromatic rings. The van der Waals surface area contributed by atoms with E-state index in [4.69, 9.17) is 4.74 Å². The Hall–Kier alpha value is -3.13. The van der Waals surface area contributed by atoms with Gasteiger partial charge in [-0.05, 0) is 80.5 Å². The van der Waals surface area contributed by atoms with Gasteiger partial charge in [0.25, 0.3) is 5.91 Å². The number of aryl methyl sites for hydroxylation is 2. The Kier molecular flexibility index (Phi) is 6.77. The molecule has 1 amide bonds. The molecule has 8 heteroatoms. The normalized spacial score (nSPS) is 14.5. The van der Waals surface area contributed by atoms with E-state index in [1.165, 1.54) is 30.6 Å². The van der Waals surface area contributed by atoms with Crippen molar-refractivity contribution in [2.24, 2.45) is 0 Å². The van der Waals surface area contributed by atoms with Crippen LogP contribution in [0.2, 0.25) is 0 Å². The quantitative estimate of drug-likeness (QED) is 0.389. The van der Waals surface area contributed by atoms with Gasteiger partial charge in [0, 0.05) is 15.3 Å². The van der Waals surface area contributed by atoms with Gasteiger partial charge in [-0.25, -0.2) is 4.79 Å². The van der Waals surface area contributed by atoms with Crippen LogP contribution in [0, 0.1) is 13.8 Å². The van der Waals surface area contributed by atoms with Gasteiger partial charge in [-0.1, -0.05) is 24.3 Å². The highest BCUT2D eigenvalue weighted by molar-refractivity contribution is 7.12. The lowest BCUT2D eigenvalue weighted by Crippen LogP contribution is -2.39. The minimum Gasteiger partial charge on any atom is -0.465 e. The van der Waals surface area contributed by atoms with Gasteiger partial charge >= 0.3 is 12.1 Å². The van der Waals surface area contributed by atoms with E-state index < -0.39 is 17.7 Å². The molecule has 0 bridgehead atoms. The second kappa shape index (κ2) is 9.49. The first-order valence-electron chi connectivity index (χ1n) is 11.3. The highest BCUT2D eigenvalue weighted by Gasteiger charge is 2.44. The van der Waals surface area contributed by atoms with Gasteiger partial charge in [0.05, 0.1) is 23.8 Å². The van der Waals surface area contributed by atoms with Crippen molar-refractivity contribution in [3.63, 3.8) is 0 Å². The summed E-state index contributed by atoms with van der Waals surface area (Å²) in [6.45, 7) is 3.83. The number of ether oxygens (including phenoxy) is 1. The number of amides is 1. The van der Waals surface area contributed by atoms with Gasteiger partial charge in [-0.15, -0.1) is 11.3 Å². The largest absolute Gasteiger partial charge is 0.465 e. The van der Waals surface area contributed by atoms with Crippen LogP contribution in [0.5, 0.6) is 0 Å². The van der Waals surface area contributed by atoms with E-state index in [-0.39, 0.29) is 11.4 Å². The van der Waals surface area contributed by atoms with E-state index in [1.807, 2.05) is 26.0 Å². The van der Waals surface area contributed by atoms with Crippen molar-refractivity contribution in [3.8, 4) is 0 Å². The van der Waals surface area contributed by atoms with Crippen molar-refractivity contribution in [1.29, 1.82) is 0 Å². The third kappa shape index (κ3) is 5.59. The van der Waals surface area contributed by atoms with E-state index in [0.29, 0.717) is 24.0 Å². The number of benzene rings is 2. The van der Waals surface area contributed by atoms with E-state index in [1.54, 1.807) is 12.1 Å². The zero-order chi connectivity index (χ0) is 25.4. The van der Waals surface area contributed by atoms with Crippen molar-refractivity contribution in [2.45, 2.75) is 51.2 Å². The molecule has 4 nitrogen and oxygen atoms in total. The number of carbonyl (C=O) groups excluding carboxylic acids is 2. The first-order chi connectivity index (χ1) is 16.5. The SMILES string of the molecule is COC(=O)c1ccc(CC2(NC(=O)c3c(C)sc(C)c3Cc3ccc(C(F)(F)F)cc3)CC2)cc1. The molecule has 1 fully saturated rings. The van der Waals surface area contributed by atoms with Gasteiger partial charge in [0.1, 0.15) is 0 Å². The highest BCUT2D eigenvalue weighted by atomic mass is 32.1. The summed E-state index contributed by atoms with van der Waals surface area (Å²) in [7, 11) is 1.34. The van der Waals surface area contributed by atoms with Crippen LogP contribution in [0.15, 0.2) is 48.5 Å². The molecular weight excluding hydrogens is 475 g/mol. The number of nitrogens with one attached hydrogen (secondary N) is 1. The Balaban J connectivity index is 1.49. The summed E-state index contributed by atoms with van der Waals surface area (Å²) >= 11 is 1.52. The summed E-state index contributed by atoms with van der Waals surface area (Å²) in [4.78, 5) is 26.9. The second-order valence-corrected chi connectivity index (χ2v) is 10.5. The first-order valence-corrected chi connectivity index (χ1v) is 12.1. The highest BCUT2D eigenvalue weighted by Crippen LogP contribution is 2.40. The average Bonchev–Trinajstić information content (AvgIpc) is 3.49.